The second kappa shape index (κ2) is 43.4. The van der Waals surface area contributed by atoms with Gasteiger partial charge in [-0.15, -0.1) is 0 Å². The number of carbonyl (C=O) groups is 3. The van der Waals surface area contributed by atoms with Gasteiger partial charge >= 0.3 is 11.9 Å². The highest BCUT2D eigenvalue weighted by molar-refractivity contribution is 5.70. The highest BCUT2D eigenvalue weighted by atomic mass is 16.6. The number of ether oxygens (including phenoxy) is 3. The monoisotopic (exact) mass is 854 g/mol. The van der Waals surface area contributed by atoms with E-state index in [1.165, 1.54) is 70.6 Å². The predicted octanol–water partition coefficient (Wildman–Crippen LogP) is 12.6. The van der Waals surface area contributed by atoms with E-state index in [2.05, 4.69) is 86.8 Å². The maximum absolute atomic E-state index is 12.7. The van der Waals surface area contributed by atoms with Gasteiger partial charge in [0, 0.05) is 19.3 Å². The van der Waals surface area contributed by atoms with Crippen LogP contribution in [0.4, 0.5) is 0 Å². The molecule has 350 valence electrons. The number of nitrogens with zero attached hydrogens (tertiary/aromatic N) is 1. The molecule has 0 aromatic rings. The van der Waals surface area contributed by atoms with Gasteiger partial charge in [0.1, 0.15) is 12.6 Å². The first-order valence-electron chi connectivity index (χ1n) is 24.5. The molecule has 0 saturated heterocycles. The van der Waals surface area contributed by atoms with Crippen molar-refractivity contribution in [2.24, 2.45) is 0 Å². The Hall–Kier alpha value is -3.23. The molecule has 0 saturated carbocycles. The van der Waals surface area contributed by atoms with Crippen LogP contribution in [-0.4, -0.2) is 75.5 Å². The molecule has 0 N–H and O–H groups in total. The summed E-state index contributed by atoms with van der Waals surface area (Å²) in [7, 11) is 5.40. The molecule has 8 nitrogen and oxygen atoms in total. The molecule has 0 spiro atoms. The number of esters is 2. The van der Waals surface area contributed by atoms with Crippen molar-refractivity contribution in [3.05, 3.63) is 72.9 Å². The summed E-state index contributed by atoms with van der Waals surface area (Å²) in [5.74, 6) is -1.77. The third-order valence-corrected chi connectivity index (χ3v) is 10.6. The number of quaternary nitrogens is 1. The zero-order valence-corrected chi connectivity index (χ0v) is 39.8. The fraction of sp³-hybridized carbons (Fsp3) is 0.717. The summed E-state index contributed by atoms with van der Waals surface area (Å²) in [5, 5.41) is 11.6. The van der Waals surface area contributed by atoms with Crippen LogP contribution in [0.3, 0.4) is 0 Å². The molecule has 2 unspecified atom stereocenters. The molecule has 0 aliphatic heterocycles. The van der Waals surface area contributed by atoms with E-state index >= 15 is 0 Å². The summed E-state index contributed by atoms with van der Waals surface area (Å²) in [5.41, 5.74) is 0. The number of allylic oxidation sites excluding steroid dienone is 12. The predicted molar refractivity (Wildman–Crippen MR) is 254 cm³/mol. The minimum atomic E-state index is -1.13. The second-order valence-electron chi connectivity index (χ2n) is 17.3. The number of hydrogen-bond donors (Lipinski definition) is 0. The zero-order chi connectivity index (χ0) is 44.9. The number of hydrogen-bond acceptors (Lipinski definition) is 7. The topological polar surface area (TPSA) is 102 Å². The molecule has 0 aliphatic rings. The average Bonchev–Trinajstić information content (AvgIpc) is 3.22. The first kappa shape index (κ1) is 57.8. The van der Waals surface area contributed by atoms with E-state index in [1.54, 1.807) is 21.1 Å². The SMILES string of the molecule is CC/C=C/C/C=C/C/C=C/C/C=C/C/C=C/C/C=C/CCCCCCC(=O)OCC(COCCC(C(=O)[O-])[N+](C)(C)C)OC(=O)CCCCCCCCCCCCCCCC. The summed E-state index contributed by atoms with van der Waals surface area (Å²) in [4.78, 5) is 37.0. The Balaban J connectivity index is 4.32. The van der Waals surface area contributed by atoms with E-state index < -0.39 is 18.1 Å². The van der Waals surface area contributed by atoms with Gasteiger partial charge in [-0.05, 0) is 64.2 Å². The standard InChI is InChI=1S/C53H91NO7/c1-6-8-10-12-14-16-18-20-22-23-24-25-26-27-28-29-30-32-33-35-37-39-41-43-51(55)60-48-49(47-59-46-45-50(53(57)58)54(3,4)5)61-52(56)44-42-40-38-36-34-31-21-19-17-15-13-11-9-7-2/h8,10,14,16,20,22,24-25,27-28,30,32,49-50H,6-7,9,11-13,15,17-19,21,23,26,29,31,33-48H2,1-5H3/b10-8+,16-14+,22-20+,25-24+,28-27+,32-30+. The quantitative estimate of drug-likeness (QED) is 0.0260. The summed E-state index contributed by atoms with van der Waals surface area (Å²) in [6, 6.07) is -0.732. The Labute approximate surface area is 374 Å². The maximum atomic E-state index is 12.7. The van der Waals surface area contributed by atoms with Crippen LogP contribution in [0, 0.1) is 0 Å². The normalized spacial score (nSPS) is 13.5. The number of carboxylic acids is 1. The highest BCUT2D eigenvalue weighted by Crippen LogP contribution is 2.15. The molecule has 0 aromatic heterocycles. The van der Waals surface area contributed by atoms with Crippen LogP contribution in [0.5, 0.6) is 0 Å². The molecular formula is C53H91NO7. The van der Waals surface area contributed by atoms with E-state index in [-0.39, 0.29) is 42.7 Å². The second-order valence-corrected chi connectivity index (χ2v) is 17.3. The number of unbranched alkanes of at least 4 members (excludes halogenated alkanes) is 17. The average molecular weight is 854 g/mol. The highest BCUT2D eigenvalue weighted by Gasteiger charge is 2.25. The van der Waals surface area contributed by atoms with Crippen LogP contribution in [0.25, 0.3) is 0 Å². The van der Waals surface area contributed by atoms with Crippen molar-refractivity contribution in [2.45, 2.75) is 206 Å². The van der Waals surface area contributed by atoms with Crippen molar-refractivity contribution in [1.29, 1.82) is 0 Å². The molecule has 61 heavy (non-hydrogen) atoms. The number of rotatable bonds is 43. The number of aliphatic carboxylic acids is 1. The minimum absolute atomic E-state index is 0.0310. The van der Waals surface area contributed by atoms with Crippen molar-refractivity contribution < 1.29 is 38.2 Å². The van der Waals surface area contributed by atoms with Crippen LogP contribution in [-0.2, 0) is 28.6 Å². The van der Waals surface area contributed by atoms with Gasteiger partial charge < -0.3 is 28.6 Å². The van der Waals surface area contributed by atoms with Crippen molar-refractivity contribution in [1.82, 2.24) is 0 Å². The van der Waals surface area contributed by atoms with Crippen LogP contribution in [0.2, 0.25) is 0 Å². The first-order valence-corrected chi connectivity index (χ1v) is 24.5. The Kier molecular flexibility index (Phi) is 41.1. The van der Waals surface area contributed by atoms with Crippen molar-refractivity contribution in [2.75, 3.05) is 41.0 Å². The smallest absolute Gasteiger partial charge is 0.306 e. The Morgan fingerprint density at radius 2 is 0.918 bits per heavy atom. The van der Waals surface area contributed by atoms with Gasteiger partial charge in [0.05, 0.1) is 40.3 Å². The van der Waals surface area contributed by atoms with E-state index in [9.17, 15) is 19.5 Å². The van der Waals surface area contributed by atoms with Crippen LogP contribution >= 0.6 is 0 Å². The zero-order valence-electron chi connectivity index (χ0n) is 39.8. The summed E-state index contributed by atoms with van der Waals surface area (Å²) in [6.45, 7) is 4.52. The first-order chi connectivity index (χ1) is 29.6. The molecule has 0 amide bonds. The van der Waals surface area contributed by atoms with E-state index in [4.69, 9.17) is 14.2 Å². The summed E-state index contributed by atoms with van der Waals surface area (Å²) < 4.78 is 17.2. The number of carboxylic acid groups (broad SMARTS) is 1. The van der Waals surface area contributed by atoms with E-state index in [0.717, 1.165) is 89.9 Å². The van der Waals surface area contributed by atoms with Crippen LogP contribution < -0.4 is 5.11 Å². The van der Waals surface area contributed by atoms with Gasteiger partial charge in [-0.1, -0.05) is 183 Å². The minimum Gasteiger partial charge on any atom is -0.544 e. The van der Waals surface area contributed by atoms with Crippen molar-refractivity contribution >= 4 is 17.9 Å². The lowest BCUT2D eigenvalue weighted by molar-refractivity contribution is -0.889. The molecule has 0 aromatic carbocycles. The Morgan fingerprint density at radius 3 is 1.36 bits per heavy atom. The van der Waals surface area contributed by atoms with Crippen LogP contribution in [0.15, 0.2) is 72.9 Å². The fourth-order valence-corrected chi connectivity index (χ4v) is 6.84. The molecule has 0 aliphatic carbocycles. The lowest BCUT2D eigenvalue weighted by Gasteiger charge is -2.34. The molecule has 2 atom stereocenters. The molecule has 0 rings (SSSR count). The lowest BCUT2D eigenvalue weighted by atomic mass is 10.0. The third-order valence-electron chi connectivity index (χ3n) is 10.6. The summed E-state index contributed by atoms with van der Waals surface area (Å²) in [6.07, 6.45) is 55.0. The molecule has 0 heterocycles. The van der Waals surface area contributed by atoms with Gasteiger partial charge in [0.2, 0.25) is 0 Å². The van der Waals surface area contributed by atoms with Crippen molar-refractivity contribution in [3.8, 4) is 0 Å². The van der Waals surface area contributed by atoms with E-state index in [0.29, 0.717) is 12.8 Å². The Morgan fingerprint density at radius 1 is 0.508 bits per heavy atom. The van der Waals surface area contributed by atoms with Gasteiger partial charge in [-0.25, -0.2) is 0 Å². The fourth-order valence-electron chi connectivity index (χ4n) is 6.84. The van der Waals surface area contributed by atoms with Gasteiger partial charge in [0.25, 0.3) is 0 Å². The molecule has 8 heteroatoms. The van der Waals surface area contributed by atoms with E-state index in [1.807, 2.05) is 0 Å². The largest absolute Gasteiger partial charge is 0.544 e. The van der Waals surface area contributed by atoms with Crippen LogP contribution in [0.1, 0.15) is 194 Å². The molecular weight excluding hydrogens is 763 g/mol. The Bertz CT molecular complexity index is 1230. The molecule has 0 bridgehead atoms. The lowest BCUT2D eigenvalue weighted by Crippen LogP contribution is -2.55. The maximum Gasteiger partial charge on any atom is 0.306 e. The number of carbonyl (C=O) groups excluding carboxylic acids is 3. The van der Waals surface area contributed by atoms with Crippen molar-refractivity contribution in [3.63, 3.8) is 0 Å². The number of likely N-dealkylation sites (N-methyl/N-ethyl adjacent to an activating group) is 1. The molecule has 0 fully saturated rings. The molecule has 0 radical (unpaired) electrons. The summed E-state index contributed by atoms with van der Waals surface area (Å²) >= 11 is 0. The van der Waals surface area contributed by atoms with Gasteiger partial charge in [0.15, 0.2) is 6.10 Å². The van der Waals surface area contributed by atoms with Gasteiger partial charge in [-0.3, -0.25) is 9.59 Å². The third kappa shape index (κ3) is 41.9. The van der Waals surface area contributed by atoms with Gasteiger partial charge in [-0.2, -0.15) is 0 Å².